The monoisotopic (exact) mass is 297 g/mol. The number of amides is 3. The topological polar surface area (TPSA) is 113 Å². The number of carbonyl (C=O) groups is 3. The van der Waals surface area contributed by atoms with Crippen LogP contribution >= 0.6 is 0 Å². The molecule has 1 aliphatic heterocycles. The standard InChI is InChI=1S/C14H23N3O4/c1-3-4-5-6-11(13(15)20)16-14(21)12-7-10(19)8-17(12)9(2)18/h3,10-12,19H,1,4-8H2,2H3,(H2,15,20)(H,16,21)/t10-,11-,12+/m1/s1. The molecule has 0 bridgehead atoms. The van der Waals surface area contributed by atoms with Gasteiger partial charge in [-0.2, -0.15) is 0 Å². The summed E-state index contributed by atoms with van der Waals surface area (Å²) >= 11 is 0. The van der Waals surface area contributed by atoms with Gasteiger partial charge in [-0.15, -0.1) is 6.58 Å². The molecule has 1 aliphatic rings. The zero-order chi connectivity index (χ0) is 16.0. The molecule has 1 saturated heterocycles. The molecule has 4 N–H and O–H groups in total. The third-order valence-corrected chi connectivity index (χ3v) is 3.55. The fraction of sp³-hybridized carbons (Fsp3) is 0.643. The smallest absolute Gasteiger partial charge is 0.243 e. The van der Waals surface area contributed by atoms with E-state index < -0.39 is 30.0 Å². The van der Waals surface area contributed by atoms with Crippen LogP contribution in [0.3, 0.4) is 0 Å². The summed E-state index contributed by atoms with van der Waals surface area (Å²) in [4.78, 5) is 36.4. The van der Waals surface area contributed by atoms with Gasteiger partial charge in [-0.25, -0.2) is 0 Å². The lowest BCUT2D eigenvalue weighted by molar-refractivity contribution is -0.138. The van der Waals surface area contributed by atoms with Crippen molar-refractivity contribution in [2.24, 2.45) is 5.73 Å². The molecule has 0 radical (unpaired) electrons. The Labute approximate surface area is 124 Å². The van der Waals surface area contributed by atoms with E-state index in [0.29, 0.717) is 12.8 Å². The minimum absolute atomic E-state index is 0.130. The number of hydrogen-bond acceptors (Lipinski definition) is 4. The van der Waals surface area contributed by atoms with Crippen LogP contribution in [0.1, 0.15) is 32.6 Å². The van der Waals surface area contributed by atoms with Crippen LogP contribution in [0.4, 0.5) is 0 Å². The predicted molar refractivity (Wildman–Crippen MR) is 77.0 cm³/mol. The van der Waals surface area contributed by atoms with Crippen molar-refractivity contribution in [1.82, 2.24) is 10.2 Å². The Morgan fingerprint density at radius 3 is 2.71 bits per heavy atom. The summed E-state index contributed by atoms with van der Waals surface area (Å²) in [5.74, 6) is -1.35. The molecule has 3 atom stereocenters. The molecular weight excluding hydrogens is 274 g/mol. The number of aliphatic hydroxyl groups excluding tert-OH is 1. The minimum atomic E-state index is -0.774. The van der Waals surface area contributed by atoms with Gasteiger partial charge in [0, 0.05) is 19.9 Å². The van der Waals surface area contributed by atoms with Crippen molar-refractivity contribution in [2.75, 3.05) is 6.54 Å². The number of aliphatic hydroxyl groups is 1. The van der Waals surface area contributed by atoms with Gasteiger partial charge in [0.25, 0.3) is 0 Å². The molecular formula is C14H23N3O4. The maximum atomic E-state index is 12.2. The number of rotatable bonds is 7. The second-order valence-electron chi connectivity index (χ2n) is 5.26. The van der Waals surface area contributed by atoms with E-state index >= 15 is 0 Å². The molecule has 1 rings (SSSR count). The van der Waals surface area contributed by atoms with Crippen molar-refractivity contribution in [3.05, 3.63) is 12.7 Å². The largest absolute Gasteiger partial charge is 0.391 e. The average molecular weight is 297 g/mol. The summed E-state index contributed by atoms with van der Waals surface area (Å²) in [5, 5.41) is 12.2. The molecule has 1 fully saturated rings. The molecule has 7 nitrogen and oxygen atoms in total. The van der Waals surface area contributed by atoms with Crippen LogP contribution in [0, 0.1) is 0 Å². The van der Waals surface area contributed by atoms with Crippen molar-refractivity contribution in [2.45, 2.75) is 50.8 Å². The highest BCUT2D eigenvalue weighted by atomic mass is 16.3. The van der Waals surface area contributed by atoms with Crippen LogP contribution in [0.25, 0.3) is 0 Å². The zero-order valence-electron chi connectivity index (χ0n) is 12.2. The maximum Gasteiger partial charge on any atom is 0.243 e. The highest BCUT2D eigenvalue weighted by Gasteiger charge is 2.38. The molecule has 0 saturated carbocycles. The van der Waals surface area contributed by atoms with Gasteiger partial charge in [0.1, 0.15) is 12.1 Å². The van der Waals surface area contributed by atoms with Crippen molar-refractivity contribution >= 4 is 17.7 Å². The number of nitrogens with zero attached hydrogens (tertiary/aromatic N) is 1. The van der Waals surface area contributed by atoms with Gasteiger partial charge in [0.05, 0.1) is 6.10 Å². The lowest BCUT2D eigenvalue weighted by Gasteiger charge is -2.24. The van der Waals surface area contributed by atoms with Crippen LogP contribution in [0.5, 0.6) is 0 Å². The van der Waals surface area contributed by atoms with Crippen molar-refractivity contribution in [3.63, 3.8) is 0 Å². The lowest BCUT2D eigenvalue weighted by Crippen LogP contribution is -2.51. The summed E-state index contributed by atoms with van der Waals surface area (Å²) in [6, 6.07) is -1.53. The number of hydrogen-bond donors (Lipinski definition) is 3. The van der Waals surface area contributed by atoms with E-state index in [0.717, 1.165) is 6.42 Å². The zero-order valence-corrected chi connectivity index (χ0v) is 12.2. The molecule has 0 aliphatic carbocycles. The van der Waals surface area contributed by atoms with Gasteiger partial charge in [-0.3, -0.25) is 14.4 Å². The Hall–Kier alpha value is -1.89. The van der Waals surface area contributed by atoms with E-state index in [4.69, 9.17) is 5.73 Å². The van der Waals surface area contributed by atoms with E-state index in [1.165, 1.54) is 11.8 Å². The molecule has 0 unspecified atom stereocenters. The predicted octanol–water partition coefficient (Wildman–Crippen LogP) is -0.705. The Balaban J connectivity index is 2.65. The minimum Gasteiger partial charge on any atom is -0.391 e. The van der Waals surface area contributed by atoms with E-state index in [9.17, 15) is 19.5 Å². The summed E-state index contributed by atoms with van der Waals surface area (Å²) in [7, 11) is 0. The number of nitrogens with one attached hydrogen (secondary N) is 1. The molecule has 118 valence electrons. The highest BCUT2D eigenvalue weighted by Crippen LogP contribution is 2.18. The van der Waals surface area contributed by atoms with Crippen LogP contribution in [-0.2, 0) is 14.4 Å². The third kappa shape index (κ3) is 4.86. The SMILES string of the molecule is C=CCCC[C@@H](NC(=O)[C@@H]1C[C@@H](O)CN1C(C)=O)C(N)=O. The quantitative estimate of drug-likeness (QED) is 0.426. The summed E-state index contributed by atoms with van der Waals surface area (Å²) < 4.78 is 0. The molecule has 7 heteroatoms. The van der Waals surface area contributed by atoms with Crippen LogP contribution in [0.2, 0.25) is 0 Å². The first kappa shape index (κ1) is 17.2. The van der Waals surface area contributed by atoms with Crippen molar-refractivity contribution in [3.8, 4) is 0 Å². The Morgan fingerprint density at radius 2 is 2.19 bits per heavy atom. The number of nitrogens with two attached hydrogens (primary N) is 1. The number of β-amino-alcohol motifs (C(OH)–C–C–N with tert-alkyl or cyclic N) is 1. The molecule has 0 aromatic heterocycles. The molecule has 21 heavy (non-hydrogen) atoms. The van der Waals surface area contributed by atoms with Crippen LogP contribution in [0.15, 0.2) is 12.7 Å². The van der Waals surface area contributed by atoms with E-state index in [1.54, 1.807) is 6.08 Å². The number of carbonyl (C=O) groups excluding carboxylic acids is 3. The summed E-state index contributed by atoms with van der Waals surface area (Å²) in [6.07, 6.45) is 3.00. The summed E-state index contributed by atoms with van der Waals surface area (Å²) in [5.41, 5.74) is 5.28. The Kier molecular flexibility index (Phi) is 6.36. The van der Waals surface area contributed by atoms with Crippen LogP contribution in [-0.4, -0.2) is 52.5 Å². The number of primary amides is 1. The Bertz CT molecular complexity index is 424. The third-order valence-electron chi connectivity index (χ3n) is 3.55. The van der Waals surface area contributed by atoms with Gasteiger partial charge in [0.15, 0.2) is 0 Å². The first-order chi connectivity index (χ1) is 9.86. The van der Waals surface area contributed by atoms with E-state index in [-0.39, 0.29) is 18.9 Å². The second-order valence-corrected chi connectivity index (χ2v) is 5.26. The number of allylic oxidation sites excluding steroid dienone is 1. The number of likely N-dealkylation sites (tertiary alicyclic amines) is 1. The Morgan fingerprint density at radius 1 is 1.52 bits per heavy atom. The summed E-state index contributed by atoms with van der Waals surface area (Å²) in [6.45, 7) is 5.06. The van der Waals surface area contributed by atoms with Gasteiger partial charge in [-0.1, -0.05) is 6.08 Å². The van der Waals surface area contributed by atoms with Gasteiger partial charge in [-0.05, 0) is 19.3 Å². The molecule has 0 aromatic rings. The molecule has 1 heterocycles. The van der Waals surface area contributed by atoms with Crippen molar-refractivity contribution < 1.29 is 19.5 Å². The molecule has 0 spiro atoms. The van der Waals surface area contributed by atoms with E-state index in [2.05, 4.69) is 11.9 Å². The van der Waals surface area contributed by atoms with Crippen LogP contribution < -0.4 is 11.1 Å². The van der Waals surface area contributed by atoms with Gasteiger partial charge in [0.2, 0.25) is 17.7 Å². The normalized spacial score (nSPS) is 22.7. The first-order valence-electron chi connectivity index (χ1n) is 7.02. The highest BCUT2D eigenvalue weighted by molar-refractivity contribution is 5.91. The van der Waals surface area contributed by atoms with Gasteiger partial charge >= 0.3 is 0 Å². The molecule has 3 amide bonds. The van der Waals surface area contributed by atoms with Gasteiger partial charge < -0.3 is 21.1 Å². The average Bonchev–Trinajstić information content (AvgIpc) is 2.80. The number of unbranched alkanes of at least 4 members (excludes halogenated alkanes) is 1. The maximum absolute atomic E-state index is 12.2. The molecule has 0 aromatic carbocycles. The van der Waals surface area contributed by atoms with E-state index in [1.807, 2.05) is 0 Å². The lowest BCUT2D eigenvalue weighted by atomic mass is 10.1. The fourth-order valence-corrected chi connectivity index (χ4v) is 2.43. The van der Waals surface area contributed by atoms with Crippen molar-refractivity contribution in [1.29, 1.82) is 0 Å². The first-order valence-corrected chi connectivity index (χ1v) is 7.02. The fourth-order valence-electron chi connectivity index (χ4n) is 2.43. The second kappa shape index (κ2) is 7.78.